The molecule has 1 aromatic carbocycles. The van der Waals surface area contributed by atoms with Crippen LogP contribution in [0.15, 0.2) is 42.7 Å². The van der Waals surface area contributed by atoms with Crippen LogP contribution in [0.1, 0.15) is 24.4 Å². The summed E-state index contributed by atoms with van der Waals surface area (Å²) >= 11 is 0. The molecule has 2 N–H and O–H groups in total. The molecule has 25 heavy (non-hydrogen) atoms. The molecule has 2 atom stereocenters. The van der Waals surface area contributed by atoms with Crippen LogP contribution in [0, 0.1) is 0 Å². The highest BCUT2D eigenvalue weighted by atomic mass is 16.3. The van der Waals surface area contributed by atoms with Crippen LogP contribution in [0.2, 0.25) is 0 Å². The normalized spacial score (nSPS) is 18.6. The number of nitrogens with one attached hydrogen (secondary N) is 1. The van der Waals surface area contributed by atoms with Crippen LogP contribution in [0.5, 0.6) is 0 Å². The second-order valence-corrected chi connectivity index (χ2v) is 6.70. The molecule has 2 unspecified atom stereocenters. The van der Waals surface area contributed by atoms with Gasteiger partial charge in [-0.15, -0.1) is 0 Å². The van der Waals surface area contributed by atoms with Gasteiger partial charge in [0.1, 0.15) is 18.0 Å². The summed E-state index contributed by atoms with van der Waals surface area (Å²) in [7, 11) is 4.17. The van der Waals surface area contributed by atoms with Gasteiger partial charge in [-0.3, -0.25) is 0 Å². The fraction of sp³-hybridized carbons (Fsp3) is 0.474. The van der Waals surface area contributed by atoms with Crippen molar-refractivity contribution in [2.75, 3.05) is 44.0 Å². The summed E-state index contributed by atoms with van der Waals surface area (Å²) in [6, 6.07) is 12.9. The molecule has 0 spiro atoms. The third-order valence-corrected chi connectivity index (χ3v) is 4.82. The number of nitrogens with zero attached hydrogens (tertiary/aromatic N) is 4. The van der Waals surface area contributed by atoms with E-state index < -0.39 is 0 Å². The topological polar surface area (TPSA) is 64.5 Å². The second kappa shape index (κ2) is 8.27. The van der Waals surface area contributed by atoms with Crippen molar-refractivity contribution in [1.82, 2.24) is 14.9 Å². The fourth-order valence-electron chi connectivity index (χ4n) is 3.40. The summed E-state index contributed by atoms with van der Waals surface area (Å²) in [6.45, 7) is 1.87. The van der Waals surface area contributed by atoms with E-state index in [1.54, 1.807) is 6.33 Å². The van der Waals surface area contributed by atoms with Crippen molar-refractivity contribution in [2.24, 2.45) is 0 Å². The maximum atomic E-state index is 9.52. The van der Waals surface area contributed by atoms with Crippen LogP contribution in [0.4, 0.5) is 11.6 Å². The van der Waals surface area contributed by atoms with Gasteiger partial charge in [0, 0.05) is 19.2 Å². The highest BCUT2D eigenvalue weighted by molar-refractivity contribution is 5.50. The third kappa shape index (κ3) is 4.27. The molecule has 0 saturated carbocycles. The molecule has 3 rings (SSSR count). The molecule has 0 aliphatic carbocycles. The SMILES string of the molecule is CN(C)C(CNc1cc(N2CCCC2CO)ncn1)c1ccccc1. The lowest BCUT2D eigenvalue weighted by atomic mass is 10.1. The first-order valence-electron chi connectivity index (χ1n) is 8.84. The maximum Gasteiger partial charge on any atom is 0.134 e. The van der Waals surface area contributed by atoms with Crippen LogP contribution >= 0.6 is 0 Å². The van der Waals surface area contributed by atoms with Gasteiger partial charge >= 0.3 is 0 Å². The molecule has 6 heteroatoms. The summed E-state index contributed by atoms with van der Waals surface area (Å²) in [5.41, 5.74) is 1.27. The van der Waals surface area contributed by atoms with Crippen molar-refractivity contribution >= 4 is 11.6 Å². The Labute approximate surface area is 149 Å². The van der Waals surface area contributed by atoms with E-state index in [2.05, 4.69) is 63.4 Å². The molecule has 1 aliphatic heterocycles. The predicted octanol–water partition coefficient (Wildman–Crippen LogP) is 2.15. The number of benzene rings is 1. The lowest BCUT2D eigenvalue weighted by molar-refractivity contribution is 0.266. The van der Waals surface area contributed by atoms with Crippen LogP contribution in [-0.4, -0.2) is 59.8 Å². The number of rotatable bonds is 7. The molecule has 1 aromatic heterocycles. The first-order valence-corrected chi connectivity index (χ1v) is 8.84. The molecule has 2 heterocycles. The molecular formula is C19H27N5O. The standard InChI is InChI=1S/C19H27N5O/c1-23(2)17(15-7-4-3-5-8-15)12-20-18-11-19(22-14-21-18)24-10-6-9-16(24)13-25/h3-5,7-8,11,14,16-17,25H,6,9-10,12-13H2,1-2H3,(H,20,21,22). The Morgan fingerprint density at radius 1 is 1.28 bits per heavy atom. The van der Waals surface area contributed by atoms with Gasteiger partial charge in [0.2, 0.25) is 0 Å². The average molecular weight is 341 g/mol. The van der Waals surface area contributed by atoms with E-state index in [0.29, 0.717) is 0 Å². The van der Waals surface area contributed by atoms with E-state index in [1.165, 1.54) is 5.56 Å². The molecule has 1 fully saturated rings. The van der Waals surface area contributed by atoms with Gasteiger partial charge in [-0.1, -0.05) is 30.3 Å². The zero-order chi connectivity index (χ0) is 17.6. The van der Waals surface area contributed by atoms with Crippen molar-refractivity contribution in [3.8, 4) is 0 Å². The zero-order valence-electron chi connectivity index (χ0n) is 15.0. The summed E-state index contributed by atoms with van der Waals surface area (Å²) in [5, 5.41) is 13.0. The summed E-state index contributed by atoms with van der Waals surface area (Å²) in [6.07, 6.45) is 3.70. The molecule has 2 aromatic rings. The van der Waals surface area contributed by atoms with Gasteiger partial charge in [-0.25, -0.2) is 9.97 Å². The number of aliphatic hydroxyl groups is 1. The first-order chi connectivity index (χ1) is 12.2. The minimum absolute atomic E-state index is 0.168. The van der Waals surface area contributed by atoms with E-state index in [1.807, 2.05) is 12.1 Å². The van der Waals surface area contributed by atoms with Gasteiger partial charge in [-0.2, -0.15) is 0 Å². The lowest BCUT2D eigenvalue weighted by Crippen LogP contribution is -2.33. The van der Waals surface area contributed by atoms with E-state index in [4.69, 9.17) is 0 Å². The zero-order valence-corrected chi connectivity index (χ0v) is 15.0. The van der Waals surface area contributed by atoms with Gasteiger partial charge in [0.15, 0.2) is 0 Å². The van der Waals surface area contributed by atoms with Crippen molar-refractivity contribution in [3.05, 3.63) is 48.3 Å². The van der Waals surface area contributed by atoms with Crippen molar-refractivity contribution in [2.45, 2.75) is 24.9 Å². The minimum atomic E-state index is 0.168. The molecular weight excluding hydrogens is 314 g/mol. The number of hydrogen-bond acceptors (Lipinski definition) is 6. The number of aliphatic hydroxyl groups excluding tert-OH is 1. The van der Waals surface area contributed by atoms with Gasteiger partial charge < -0.3 is 20.2 Å². The Hall–Kier alpha value is -2.18. The van der Waals surface area contributed by atoms with Crippen LogP contribution in [-0.2, 0) is 0 Å². The Morgan fingerprint density at radius 2 is 2.08 bits per heavy atom. The van der Waals surface area contributed by atoms with Crippen LogP contribution < -0.4 is 10.2 Å². The number of hydrogen-bond donors (Lipinski definition) is 2. The Morgan fingerprint density at radius 3 is 2.80 bits per heavy atom. The Bertz CT molecular complexity index is 664. The average Bonchev–Trinajstić information content (AvgIpc) is 3.11. The van der Waals surface area contributed by atoms with Gasteiger partial charge in [0.25, 0.3) is 0 Å². The van der Waals surface area contributed by atoms with E-state index in [0.717, 1.165) is 37.6 Å². The Balaban J connectivity index is 1.69. The minimum Gasteiger partial charge on any atom is -0.394 e. The number of anilines is 2. The highest BCUT2D eigenvalue weighted by Gasteiger charge is 2.25. The number of likely N-dealkylation sites (N-methyl/N-ethyl adjacent to an activating group) is 1. The van der Waals surface area contributed by atoms with Crippen molar-refractivity contribution < 1.29 is 5.11 Å². The smallest absolute Gasteiger partial charge is 0.134 e. The largest absolute Gasteiger partial charge is 0.394 e. The molecule has 0 bridgehead atoms. The first kappa shape index (κ1) is 17.6. The molecule has 0 amide bonds. The maximum absolute atomic E-state index is 9.52. The molecule has 134 valence electrons. The van der Waals surface area contributed by atoms with E-state index in [9.17, 15) is 5.11 Å². The number of aromatic nitrogens is 2. The van der Waals surface area contributed by atoms with E-state index >= 15 is 0 Å². The summed E-state index contributed by atoms with van der Waals surface area (Å²) in [5.74, 6) is 1.70. The second-order valence-electron chi connectivity index (χ2n) is 6.70. The van der Waals surface area contributed by atoms with Gasteiger partial charge in [0.05, 0.1) is 18.7 Å². The molecule has 6 nitrogen and oxygen atoms in total. The Kier molecular flexibility index (Phi) is 5.83. The quantitative estimate of drug-likeness (QED) is 0.805. The highest BCUT2D eigenvalue weighted by Crippen LogP contribution is 2.25. The molecule has 1 saturated heterocycles. The van der Waals surface area contributed by atoms with Crippen LogP contribution in [0.25, 0.3) is 0 Å². The third-order valence-electron chi connectivity index (χ3n) is 4.82. The molecule has 1 aliphatic rings. The predicted molar refractivity (Wildman–Crippen MR) is 101 cm³/mol. The lowest BCUT2D eigenvalue weighted by Gasteiger charge is -2.26. The summed E-state index contributed by atoms with van der Waals surface area (Å²) in [4.78, 5) is 13.1. The van der Waals surface area contributed by atoms with Gasteiger partial charge in [-0.05, 0) is 32.5 Å². The molecule has 0 radical (unpaired) electrons. The monoisotopic (exact) mass is 341 g/mol. The summed E-state index contributed by atoms with van der Waals surface area (Å²) < 4.78 is 0. The fourth-order valence-corrected chi connectivity index (χ4v) is 3.40. The van der Waals surface area contributed by atoms with Crippen molar-refractivity contribution in [1.29, 1.82) is 0 Å². The van der Waals surface area contributed by atoms with Crippen molar-refractivity contribution in [3.63, 3.8) is 0 Å². The van der Waals surface area contributed by atoms with Crippen LogP contribution in [0.3, 0.4) is 0 Å². The van der Waals surface area contributed by atoms with E-state index in [-0.39, 0.29) is 18.7 Å².